The fourth-order valence-electron chi connectivity index (χ4n) is 2.05. The molecule has 1 aliphatic carbocycles. The lowest BCUT2D eigenvalue weighted by Crippen LogP contribution is -2.10. The Morgan fingerprint density at radius 2 is 2.29 bits per heavy atom. The summed E-state index contributed by atoms with van der Waals surface area (Å²) in [7, 11) is 0. The molecule has 8 nitrogen and oxygen atoms in total. The zero-order valence-electron chi connectivity index (χ0n) is 11.1. The lowest BCUT2D eigenvalue weighted by atomic mass is 10.4. The Morgan fingerprint density at radius 3 is 3.05 bits per heavy atom. The van der Waals surface area contributed by atoms with Crippen LogP contribution < -0.4 is 11.3 Å². The highest BCUT2D eigenvalue weighted by Crippen LogP contribution is 2.39. The van der Waals surface area contributed by atoms with Crippen molar-refractivity contribution >= 4 is 39.3 Å². The zero-order chi connectivity index (χ0) is 14.4. The summed E-state index contributed by atoms with van der Waals surface area (Å²) in [5.74, 6) is 5.85. The van der Waals surface area contributed by atoms with E-state index in [-0.39, 0.29) is 0 Å². The van der Waals surface area contributed by atoms with Gasteiger partial charge in [-0.25, -0.2) is 20.5 Å². The van der Waals surface area contributed by atoms with Gasteiger partial charge in [0.15, 0.2) is 0 Å². The van der Waals surface area contributed by atoms with E-state index in [1.807, 2.05) is 11.6 Å². The zero-order valence-corrected chi connectivity index (χ0v) is 12.8. The lowest BCUT2D eigenvalue weighted by Gasteiger charge is -2.05. The molecular formula is C11H12N8S2. The smallest absolute Gasteiger partial charge is 0.239 e. The molecule has 0 aromatic carbocycles. The third-order valence-corrected chi connectivity index (χ3v) is 5.05. The number of aromatic nitrogens is 6. The highest BCUT2D eigenvalue weighted by atomic mass is 32.2. The minimum atomic E-state index is 0.400. The van der Waals surface area contributed by atoms with E-state index in [9.17, 15) is 0 Å². The summed E-state index contributed by atoms with van der Waals surface area (Å²) in [5, 5.41) is 14.5. The van der Waals surface area contributed by atoms with Crippen molar-refractivity contribution in [2.45, 2.75) is 36.0 Å². The third-order valence-electron chi connectivity index (χ3n) is 3.15. The van der Waals surface area contributed by atoms with Crippen LogP contribution in [0.25, 0.3) is 10.2 Å². The number of nitrogens with one attached hydrogen (secondary N) is 1. The van der Waals surface area contributed by atoms with E-state index in [1.165, 1.54) is 16.6 Å². The Bertz CT molecular complexity index is 806. The molecule has 3 heterocycles. The molecule has 3 aromatic rings. The molecule has 1 aliphatic rings. The molecule has 0 saturated heterocycles. The Morgan fingerprint density at radius 1 is 1.43 bits per heavy atom. The van der Waals surface area contributed by atoms with Gasteiger partial charge in [0.1, 0.15) is 9.86 Å². The molecule has 3 aromatic heterocycles. The van der Waals surface area contributed by atoms with Crippen molar-refractivity contribution in [2.24, 2.45) is 5.84 Å². The quantitative estimate of drug-likeness (QED) is 0.425. The molecular weight excluding hydrogens is 308 g/mol. The van der Waals surface area contributed by atoms with E-state index < -0.39 is 0 Å². The van der Waals surface area contributed by atoms with E-state index in [1.54, 1.807) is 11.3 Å². The summed E-state index contributed by atoms with van der Waals surface area (Å²) in [6.07, 6.45) is 2.26. The van der Waals surface area contributed by atoms with Crippen LogP contribution in [-0.4, -0.2) is 30.2 Å². The van der Waals surface area contributed by atoms with Gasteiger partial charge in [-0.15, -0.1) is 16.4 Å². The van der Waals surface area contributed by atoms with Crippen molar-refractivity contribution in [1.29, 1.82) is 0 Å². The summed E-state index contributed by atoms with van der Waals surface area (Å²) in [4.78, 5) is 10.9. The minimum Gasteiger partial charge on any atom is -0.292 e. The fourth-order valence-corrected chi connectivity index (χ4v) is 3.92. The number of rotatable bonds is 4. The number of tetrazole rings is 1. The number of hydrogen-bond acceptors (Lipinski definition) is 9. The topological polar surface area (TPSA) is 107 Å². The van der Waals surface area contributed by atoms with Crippen molar-refractivity contribution in [3.63, 3.8) is 0 Å². The van der Waals surface area contributed by atoms with Crippen LogP contribution in [0.2, 0.25) is 0 Å². The molecule has 0 aliphatic heterocycles. The van der Waals surface area contributed by atoms with Crippen LogP contribution in [0.15, 0.2) is 16.2 Å². The number of fused-ring (bicyclic) bond motifs is 1. The standard InChI is InChI=1S/C11H12N8S2/c1-5-4-7-8(20-5)13-10(15-12)14-9(7)21-11-16-17-18-19(11)6-2-3-6/h4,6H,2-3,12H2,1H3,(H,13,14,15). The first-order chi connectivity index (χ1) is 10.2. The first-order valence-corrected chi connectivity index (χ1v) is 8.08. The number of hydrogen-bond donors (Lipinski definition) is 2. The van der Waals surface area contributed by atoms with Gasteiger partial charge < -0.3 is 0 Å². The molecule has 0 bridgehead atoms. The second-order valence-corrected chi connectivity index (χ2v) is 7.00. The van der Waals surface area contributed by atoms with Crippen molar-refractivity contribution in [1.82, 2.24) is 30.2 Å². The minimum absolute atomic E-state index is 0.400. The highest BCUT2D eigenvalue weighted by Gasteiger charge is 2.28. The van der Waals surface area contributed by atoms with Crippen LogP contribution >= 0.6 is 23.1 Å². The van der Waals surface area contributed by atoms with Gasteiger partial charge in [-0.3, -0.25) is 5.43 Å². The first kappa shape index (κ1) is 12.9. The second kappa shape index (κ2) is 4.90. The van der Waals surface area contributed by atoms with Crippen molar-refractivity contribution < 1.29 is 0 Å². The Labute approximate surface area is 128 Å². The first-order valence-electron chi connectivity index (χ1n) is 6.45. The van der Waals surface area contributed by atoms with Gasteiger partial charge in [-0.2, -0.15) is 0 Å². The summed E-state index contributed by atoms with van der Waals surface area (Å²) < 4.78 is 1.87. The fraction of sp³-hybridized carbons (Fsp3) is 0.364. The van der Waals surface area contributed by atoms with Gasteiger partial charge in [-0.05, 0) is 48.0 Å². The summed E-state index contributed by atoms with van der Waals surface area (Å²) in [6, 6.07) is 2.50. The van der Waals surface area contributed by atoms with Crippen molar-refractivity contribution in [2.75, 3.05) is 5.43 Å². The molecule has 3 N–H and O–H groups in total. The molecule has 1 saturated carbocycles. The molecule has 21 heavy (non-hydrogen) atoms. The SMILES string of the molecule is Cc1cc2c(Sc3nnnn3C3CC3)nc(NN)nc2s1. The Hall–Kier alpha value is -1.78. The van der Waals surface area contributed by atoms with Gasteiger partial charge in [0.05, 0.1) is 6.04 Å². The number of thiophene rings is 1. The number of aryl methyl sites for hydroxylation is 1. The van der Waals surface area contributed by atoms with Crippen LogP contribution in [0.1, 0.15) is 23.8 Å². The van der Waals surface area contributed by atoms with Crippen molar-refractivity contribution in [3.05, 3.63) is 10.9 Å². The molecule has 0 spiro atoms. The monoisotopic (exact) mass is 320 g/mol. The van der Waals surface area contributed by atoms with E-state index in [4.69, 9.17) is 5.84 Å². The van der Waals surface area contributed by atoms with Gasteiger partial charge in [0.25, 0.3) is 0 Å². The predicted molar refractivity (Wildman–Crippen MR) is 80.2 cm³/mol. The number of hydrazine groups is 1. The van der Waals surface area contributed by atoms with Gasteiger partial charge in [0, 0.05) is 10.3 Å². The molecule has 0 unspecified atom stereocenters. The van der Waals surface area contributed by atoms with Gasteiger partial charge >= 0.3 is 0 Å². The van der Waals surface area contributed by atoms with Crippen LogP contribution in [0, 0.1) is 6.92 Å². The van der Waals surface area contributed by atoms with Crippen LogP contribution in [0.4, 0.5) is 5.95 Å². The molecule has 0 amide bonds. The molecule has 108 valence electrons. The maximum atomic E-state index is 5.45. The largest absolute Gasteiger partial charge is 0.292 e. The summed E-state index contributed by atoms with van der Waals surface area (Å²) >= 11 is 3.06. The maximum absolute atomic E-state index is 5.45. The molecule has 10 heteroatoms. The van der Waals surface area contributed by atoms with E-state index in [2.05, 4.69) is 37.0 Å². The van der Waals surface area contributed by atoms with E-state index in [0.29, 0.717) is 12.0 Å². The van der Waals surface area contributed by atoms with E-state index in [0.717, 1.165) is 33.2 Å². The van der Waals surface area contributed by atoms with Crippen LogP contribution in [-0.2, 0) is 0 Å². The Kier molecular flexibility index (Phi) is 3.01. The number of nitrogens with two attached hydrogens (primary N) is 1. The highest BCUT2D eigenvalue weighted by molar-refractivity contribution is 7.99. The molecule has 0 radical (unpaired) electrons. The third kappa shape index (κ3) is 2.34. The predicted octanol–water partition coefficient (Wildman–Crippen LogP) is 1.76. The lowest BCUT2D eigenvalue weighted by molar-refractivity contribution is 0.565. The van der Waals surface area contributed by atoms with Gasteiger partial charge in [-0.1, -0.05) is 0 Å². The maximum Gasteiger partial charge on any atom is 0.239 e. The van der Waals surface area contributed by atoms with Crippen LogP contribution in [0.3, 0.4) is 0 Å². The summed E-state index contributed by atoms with van der Waals surface area (Å²) in [6.45, 7) is 2.05. The molecule has 4 rings (SSSR count). The normalized spacial score (nSPS) is 14.8. The van der Waals surface area contributed by atoms with Gasteiger partial charge in [0.2, 0.25) is 11.1 Å². The Balaban J connectivity index is 1.79. The van der Waals surface area contributed by atoms with Crippen molar-refractivity contribution in [3.8, 4) is 0 Å². The average Bonchev–Trinajstić information content (AvgIpc) is 3.09. The second-order valence-electron chi connectivity index (χ2n) is 4.81. The molecule has 0 atom stereocenters. The number of nitrogens with zero attached hydrogens (tertiary/aromatic N) is 6. The number of nitrogen functional groups attached to an aromatic ring is 1. The number of anilines is 1. The van der Waals surface area contributed by atoms with Crippen LogP contribution in [0.5, 0.6) is 0 Å². The average molecular weight is 320 g/mol. The molecule has 1 fully saturated rings. The van der Waals surface area contributed by atoms with E-state index >= 15 is 0 Å². The summed E-state index contributed by atoms with van der Waals surface area (Å²) in [5.41, 5.74) is 2.51.